The molecule has 1 heterocycles. The van der Waals surface area contributed by atoms with Crippen LogP contribution in [0.5, 0.6) is 0 Å². The molecule has 0 N–H and O–H groups in total. The van der Waals surface area contributed by atoms with Crippen LogP contribution in [0.1, 0.15) is 43.5 Å². The zero-order valence-corrected chi connectivity index (χ0v) is 13.2. The molecule has 2 atom stereocenters. The third-order valence-corrected chi connectivity index (χ3v) is 5.14. The summed E-state index contributed by atoms with van der Waals surface area (Å²) in [7, 11) is 0. The highest BCUT2D eigenvalue weighted by molar-refractivity contribution is 5.94. The van der Waals surface area contributed by atoms with E-state index >= 15 is 0 Å². The second kappa shape index (κ2) is 6.18. The molecule has 3 rings (SSSR count). The molecule has 114 valence electrons. The lowest BCUT2D eigenvalue weighted by molar-refractivity contribution is 0.101. The van der Waals surface area contributed by atoms with Gasteiger partial charge in [0, 0.05) is 43.5 Å². The highest BCUT2D eigenvalue weighted by Gasteiger charge is 2.29. The molecule has 3 heteroatoms. The van der Waals surface area contributed by atoms with E-state index < -0.39 is 0 Å². The maximum absolute atomic E-state index is 11.3. The lowest BCUT2D eigenvalue weighted by Crippen LogP contribution is -2.49. The van der Waals surface area contributed by atoms with E-state index in [-0.39, 0.29) is 5.78 Å². The molecule has 0 bridgehead atoms. The Balaban J connectivity index is 1.56. The Bertz CT molecular complexity index is 488. The van der Waals surface area contributed by atoms with Crippen LogP contribution in [0.25, 0.3) is 0 Å². The fourth-order valence-electron chi connectivity index (χ4n) is 3.76. The highest BCUT2D eigenvalue weighted by atomic mass is 16.1. The van der Waals surface area contributed by atoms with Crippen molar-refractivity contribution in [1.29, 1.82) is 0 Å². The molecule has 21 heavy (non-hydrogen) atoms. The molecule has 3 nitrogen and oxygen atoms in total. The maximum Gasteiger partial charge on any atom is 0.159 e. The predicted molar refractivity (Wildman–Crippen MR) is 87.0 cm³/mol. The summed E-state index contributed by atoms with van der Waals surface area (Å²) >= 11 is 0. The summed E-state index contributed by atoms with van der Waals surface area (Å²) in [4.78, 5) is 16.5. The summed E-state index contributed by atoms with van der Waals surface area (Å²) in [6, 6.07) is 8.89. The molecule has 0 amide bonds. The number of anilines is 1. The van der Waals surface area contributed by atoms with Gasteiger partial charge < -0.3 is 4.90 Å². The number of hydrogen-bond donors (Lipinski definition) is 0. The highest BCUT2D eigenvalue weighted by Crippen LogP contribution is 2.30. The molecular formula is C18H26N2O. The number of carbonyl (C=O) groups excluding carboxylic acids is 1. The van der Waals surface area contributed by atoms with E-state index in [1.807, 2.05) is 12.1 Å². The number of carbonyl (C=O) groups is 1. The first-order chi connectivity index (χ1) is 10.1. The first kappa shape index (κ1) is 14.6. The van der Waals surface area contributed by atoms with Crippen molar-refractivity contribution in [2.24, 2.45) is 5.92 Å². The maximum atomic E-state index is 11.3. The van der Waals surface area contributed by atoms with Crippen LogP contribution in [0.4, 0.5) is 5.69 Å². The van der Waals surface area contributed by atoms with Crippen molar-refractivity contribution < 1.29 is 4.79 Å². The van der Waals surface area contributed by atoms with Gasteiger partial charge in [0.25, 0.3) is 0 Å². The van der Waals surface area contributed by atoms with Gasteiger partial charge in [-0.1, -0.05) is 6.92 Å². The molecule has 1 aromatic carbocycles. The Hall–Kier alpha value is -1.35. The Morgan fingerprint density at radius 2 is 1.71 bits per heavy atom. The van der Waals surface area contributed by atoms with Crippen LogP contribution >= 0.6 is 0 Å². The van der Waals surface area contributed by atoms with Crippen molar-refractivity contribution in [2.75, 3.05) is 31.1 Å². The first-order valence-electron chi connectivity index (χ1n) is 8.23. The second-order valence-corrected chi connectivity index (χ2v) is 6.70. The molecule has 1 aromatic rings. The van der Waals surface area contributed by atoms with Crippen LogP contribution in [0, 0.1) is 5.92 Å². The topological polar surface area (TPSA) is 23.6 Å². The molecular weight excluding hydrogens is 260 g/mol. The van der Waals surface area contributed by atoms with Crippen LogP contribution in [-0.2, 0) is 0 Å². The van der Waals surface area contributed by atoms with E-state index in [9.17, 15) is 4.79 Å². The predicted octanol–water partition coefficient (Wildman–Crippen LogP) is 3.20. The van der Waals surface area contributed by atoms with E-state index in [4.69, 9.17) is 0 Å². The molecule has 0 unspecified atom stereocenters. The fourth-order valence-corrected chi connectivity index (χ4v) is 3.76. The van der Waals surface area contributed by atoms with Gasteiger partial charge in [0.1, 0.15) is 0 Å². The number of rotatable bonds is 3. The number of ketones is 1. The van der Waals surface area contributed by atoms with Crippen molar-refractivity contribution in [1.82, 2.24) is 4.90 Å². The van der Waals surface area contributed by atoms with Crippen molar-refractivity contribution in [3.05, 3.63) is 29.8 Å². The SMILES string of the molecule is CC(=O)c1ccc(N2CCN([C@H]3CC[C@H](C)C3)CC2)cc1. The number of nitrogens with zero attached hydrogens (tertiary/aromatic N) is 2. The van der Waals surface area contributed by atoms with Gasteiger partial charge in [-0.25, -0.2) is 0 Å². The third kappa shape index (κ3) is 3.29. The number of Topliss-reactive ketones (excluding diaryl/α,β-unsaturated/α-hetero) is 1. The molecule has 2 aliphatic rings. The van der Waals surface area contributed by atoms with Gasteiger partial charge in [-0.2, -0.15) is 0 Å². The zero-order valence-electron chi connectivity index (χ0n) is 13.2. The number of hydrogen-bond acceptors (Lipinski definition) is 3. The molecule has 0 radical (unpaired) electrons. The lowest BCUT2D eigenvalue weighted by atomic mass is 10.1. The monoisotopic (exact) mass is 286 g/mol. The second-order valence-electron chi connectivity index (χ2n) is 6.70. The Labute approximate surface area is 127 Å². The quantitative estimate of drug-likeness (QED) is 0.797. The summed E-state index contributed by atoms with van der Waals surface area (Å²) in [6.45, 7) is 8.55. The fraction of sp³-hybridized carbons (Fsp3) is 0.611. The van der Waals surface area contributed by atoms with Crippen molar-refractivity contribution in [3.63, 3.8) is 0 Å². The van der Waals surface area contributed by atoms with Crippen LogP contribution < -0.4 is 4.90 Å². The average molecular weight is 286 g/mol. The van der Waals surface area contributed by atoms with E-state index in [1.165, 1.54) is 38.0 Å². The van der Waals surface area contributed by atoms with Crippen molar-refractivity contribution in [2.45, 2.75) is 39.2 Å². The smallest absolute Gasteiger partial charge is 0.159 e. The Morgan fingerprint density at radius 3 is 2.24 bits per heavy atom. The van der Waals surface area contributed by atoms with Crippen LogP contribution in [0.15, 0.2) is 24.3 Å². The third-order valence-electron chi connectivity index (χ3n) is 5.14. The Kier molecular flexibility index (Phi) is 4.29. The largest absolute Gasteiger partial charge is 0.369 e. The molecule has 2 fully saturated rings. The summed E-state index contributed by atoms with van der Waals surface area (Å²) < 4.78 is 0. The number of piperazine rings is 1. The minimum absolute atomic E-state index is 0.140. The van der Waals surface area contributed by atoms with Crippen molar-refractivity contribution in [3.8, 4) is 0 Å². The molecule has 1 aliphatic heterocycles. The standard InChI is InChI=1S/C18H26N2O/c1-14-3-6-18(13-14)20-11-9-19(10-12-20)17-7-4-16(5-8-17)15(2)21/h4-5,7-8,14,18H,3,6,9-13H2,1-2H3/t14-,18-/m0/s1. The van der Waals surface area contributed by atoms with Gasteiger partial charge in [-0.05, 0) is 56.4 Å². The zero-order chi connectivity index (χ0) is 14.8. The van der Waals surface area contributed by atoms with Crippen LogP contribution in [0.3, 0.4) is 0 Å². The van der Waals surface area contributed by atoms with Gasteiger partial charge in [0.15, 0.2) is 5.78 Å². The summed E-state index contributed by atoms with van der Waals surface area (Å²) in [5.74, 6) is 1.05. The van der Waals surface area contributed by atoms with E-state index in [1.54, 1.807) is 6.92 Å². The van der Waals surface area contributed by atoms with Gasteiger partial charge >= 0.3 is 0 Å². The van der Waals surface area contributed by atoms with Gasteiger partial charge in [-0.3, -0.25) is 9.69 Å². The van der Waals surface area contributed by atoms with Crippen LogP contribution in [-0.4, -0.2) is 42.9 Å². The van der Waals surface area contributed by atoms with Gasteiger partial charge in [0.05, 0.1) is 0 Å². The van der Waals surface area contributed by atoms with Gasteiger partial charge in [0.2, 0.25) is 0 Å². The first-order valence-corrected chi connectivity index (χ1v) is 8.23. The average Bonchev–Trinajstić information content (AvgIpc) is 2.94. The summed E-state index contributed by atoms with van der Waals surface area (Å²) in [5, 5.41) is 0. The molecule has 1 saturated heterocycles. The van der Waals surface area contributed by atoms with E-state index in [0.717, 1.165) is 30.6 Å². The normalized spacial score (nSPS) is 27.0. The molecule has 1 saturated carbocycles. The van der Waals surface area contributed by atoms with E-state index in [2.05, 4.69) is 28.9 Å². The van der Waals surface area contributed by atoms with Gasteiger partial charge in [-0.15, -0.1) is 0 Å². The molecule has 0 spiro atoms. The summed E-state index contributed by atoms with van der Waals surface area (Å²) in [5.41, 5.74) is 2.05. The van der Waals surface area contributed by atoms with Crippen molar-refractivity contribution >= 4 is 11.5 Å². The number of benzene rings is 1. The lowest BCUT2D eigenvalue weighted by Gasteiger charge is -2.39. The summed E-state index contributed by atoms with van der Waals surface area (Å²) in [6.07, 6.45) is 4.17. The minimum Gasteiger partial charge on any atom is -0.369 e. The minimum atomic E-state index is 0.140. The molecule has 0 aromatic heterocycles. The van der Waals surface area contributed by atoms with E-state index in [0.29, 0.717) is 0 Å². The molecule has 1 aliphatic carbocycles. The van der Waals surface area contributed by atoms with Crippen LogP contribution in [0.2, 0.25) is 0 Å². The Morgan fingerprint density at radius 1 is 1.05 bits per heavy atom.